The lowest BCUT2D eigenvalue weighted by Crippen LogP contribution is -2.67. The number of hydrogen-bond donors (Lipinski definition) is 1. The number of ether oxygens (including phenoxy) is 3. The van der Waals surface area contributed by atoms with Gasteiger partial charge < -0.3 is 28.5 Å². The van der Waals surface area contributed by atoms with Crippen LogP contribution in [-0.4, -0.2) is 52.5 Å². The molecule has 6 aromatic rings. The molecule has 0 radical (unpaired) electrons. The molecule has 1 fully saturated rings. The standard InChI is InChI=1S/C48H54N4O4SSi/c1-47(2,3)56-42-34(31-53-58(48(4,5)6,36-21-12-8-13-22-36)37-23-14-9-15-24-37)30-41(43(42)55-46(57)54-35-19-10-7-11-20-35)52-29-28-39-44(49-32-50-45(39)52)51-40-27-26-33-18-16-17-25-38(33)40/h7-25,28-29,32,34,40-43H,26-27,30-31H2,1-6H3,(H,49,50,51)/t34-,40?,41+,42+,43-/m0/s1. The van der Waals surface area contributed by atoms with Crippen molar-refractivity contribution in [3.05, 3.63) is 145 Å². The third-order valence-corrected chi connectivity index (χ3v) is 16.8. The second-order valence-corrected chi connectivity index (χ2v) is 22.2. The fourth-order valence-corrected chi connectivity index (χ4v) is 14.0. The van der Waals surface area contributed by atoms with Crippen molar-refractivity contribution in [3.63, 3.8) is 0 Å². The molecule has 8 rings (SSSR count). The number of aromatic nitrogens is 3. The van der Waals surface area contributed by atoms with Crippen LogP contribution in [0.3, 0.4) is 0 Å². The van der Waals surface area contributed by atoms with Gasteiger partial charge in [0.2, 0.25) is 0 Å². The van der Waals surface area contributed by atoms with Gasteiger partial charge in [-0.15, -0.1) is 0 Å². The Hall–Kier alpha value is -4.87. The van der Waals surface area contributed by atoms with Gasteiger partial charge in [-0.2, -0.15) is 0 Å². The summed E-state index contributed by atoms with van der Waals surface area (Å²) in [4.78, 5) is 9.66. The number of para-hydroxylation sites is 1. The summed E-state index contributed by atoms with van der Waals surface area (Å²) in [6.45, 7) is 13.7. The second-order valence-electron chi connectivity index (χ2n) is 17.6. The maximum absolute atomic E-state index is 7.61. The van der Waals surface area contributed by atoms with Crippen LogP contribution < -0.4 is 20.4 Å². The van der Waals surface area contributed by atoms with E-state index >= 15 is 0 Å². The van der Waals surface area contributed by atoms with E-state index in [1.54, 1.807) is 6.33 Å². The molecule has 4 aromatic carbocycles. The van der Waals surface area contributed by atoms with Gasteiger partial charge in [-0.1, -0.05) is 124 Å². The van der Waals surface area contributed by atoms with Crippen LogP contribution in [0.2, 0.25) is 5.04 Å². The average molecular weight is 811 g/mol. The predicted octanol–water partition coefficient (Wildman–Crippen LogP) is 9.60. The van der Waals surface area contributed by atoms with E-state index in [9.17, 15) is 0 Å². The normalized spacial score (nSPS) is 20.8. The highest BCUT2D eigenvalue weighted by atomic mass is 32.1. The van der Waals surface area contributed by atoms with Crippen LogP contribution in [0.5, 0.6) is 5.75 Å². The van der Waals surface area contributed by atoms with Crippen LogP contribution in [0.4, 0.5) is 5.82 Å². The van der Waals surface area contributed by atoms with Crippen molar-refractivity contribution in [3.8, 4) is 5.75 Å². The first-order chi connectivity index (χ1) is 27.9. The number of thiocarbonyl (C=S) groups is 1. The molecule has 5 atom stereocenters. The van der Waals surface area contributed by atoms with Crippen molar-refractivity contribution in [2.45, 2.75) is 95.7 Å². The maximum atomic E-state index is 7.61. The van der Waals surface area contributed by atoms with Gasteiger partial charge in [0.1, 0.15) is 35.7 Å². The lowest BCUT2D eigenvalue weighted by Gasteiger charge is -2.44. The van der Waals surface area contributed by atoms with Crippen molar-refractivity contribution in [2.24, 2.45) is 5.92 Å². The van der Waals surface area contributed by atoms with Crippen molar-refractivity contribution < 1.29 is 18.6 Å². The highest BCUT2D eigenvalue weighted by Gasteiger charge is 2.54. The van der Waals surface area contributed by atoms with E-state index in [-0.39, 0.29) is 28.3 Å². The molecule has 1 N–H and O–H groups in total. The van der Waals surface area contributed by atoms with Gasteiger partial charge in [-0.05, 0) is 84.8 Å². The molecular formula is C48H54N4O4SSi. The van der Waals surface area contributed by atoms with E-state index in [0.29, 0.717) is 18.8 Å². The molecule has 2 heterocycles. The van der Waals surface area contributed by atoms with Crippen LogP contribution in [0.25, 0.3) is 11.0 Å². The molecule has 0 amide bonds. The topological polar surface area (TPSA) is 79.7 Å². The Kier molecular flexibility index (Phi) is 11.3. The molecule has 1 saturated carbocycles. The molecule has 300 valence electrons. The third kappa shape index (κ3) is 8.08. The first kappa shape index (κ1) is 39.9. The molecule has 10 heteroatoms. The number of hydrogen-bond acceptors (Lipinski definition) is 8. The molecule has 0 spiro atoms. The van der Waals surface area contributed by atoms with E-state index < -0.39 is 26.1 Å². The van der Waals surface area contributed by atoms with Crippen LogP contribution in [-0.2, 0) is 20.3 Å². The first-order valence-electron chi connectivity index (χ1n) is 20.4. The number of fused-ring (bicyclic) bond motifs is 2. The average Bonchev–Trinajstić information content (AvgIpc) is 3.91. The fraction of sp³-hybridized carbons (Fsp3) is 0.354. The summed E-state index contributed by atoms with van der Waals surface area (Å²) in [6.07, 6.45) is 5.60. The summed E-state index contributed by atoms with van der Waals surface area (Å²) < 4.78 is 29.8. The Morgan fingerprint density at radius 1 is 0.793 bits per heavy atom. The quantitative estimate of drug-likeness (QED) is 0.102. The molecule has 58 heavy (non-hydrogen) atoms. The Balaban J connectivity index is 1.18. The minimum Gasteiger partial charge on any atom is -0.448 e. The van der Waals surface area contributed by atoms with Crippen molar-refractivity contribution in [2.75, 3.05) is 11.9 Å². The molecule has 0 saturated heterocycles. The van der Waals surface area contributed by atoms with E-state index in [2.05, 4.69) is 149 Å². The highest BCUT2D eigenvalue weighted by molar-refractivity contribution is 7.79. The molecule has 0 aliphatic heterocycles. The predicted molar refractivity (Wildman–Crippen MR) is 239 cm³/mol. The molecule has 0 bridgehead atoms. The van der Waals surface area contributed by atoms with Gasteiger partial charge >= 0.3 is 5.24 Å². The van der Waals surface area contributed by atoms with Crippen LogP contribution in [0, 0.1) is 5.92 Å². The highest BCUT2D eigenvalue weighted by Crippen LogP contribution is 2.45. The van der Waals surface area contributed by atoms with Gasteiger partial charge in [-0.25, -0.2) is 9.97 Å². The summed E-state index contributed by atoms with van der Waals surface area (Å²) in [5.74, 6) is 1.37. The van der Waals surface area contributed by atoms with E-state index in [1.165, 1.54) is 21.5 Å². The molecule has 2 aliphatic rings. The Morgan fingerprint density at radius 3 is 2.09 bits per heavy atom. The van der Waals surface area contributed by atoms with E-state index in [1.807, 2.05) is 30.3 Å². The summed E-state index contributed by atoms with van der Waals surface area (Å²) in [5.41, 5.74) is 3.05. The zero-order valence-corrected chi connectivity index (χ0v) is 36.1. The van der Waals surface area contributed by atoms with Crippen LogP contribution in [0.15, 0.2) is 134 Å². The zero-order valence-electron chi connectivity index (χ0n) is 34.3. The summed E-state index contributed by atoms with van der Waals surface area (Å²) >= 11 is 5.85. The van der Waals surface area contributed by atoms with Crippen molar-refractivity contribution >= 4 is 53.0 Å². The van der Waals surface area contributed by atoms with Gasteiger partial charge in [0.05, 0.1) is 23.1 Å². The Labute approximate surface area is 349 Å². The molecular weight excluding hydrogens is 757 g/mol. The van der Waals surface area contributed by atoms with Gasteiger partial charge in [0.15, 0.2) is 0 Å². The Bertz CT molecular complexity index is 2290. The second kappa shape index (κ2) is 16.4. The van der Waals surface area contributed by atoms with Crippen molar-refractivity contribution in [1.82, 2.24) is 14.5 Å². The number of rotatable bonds is 11. The molecule has 8 nitrogen and oxygen atoms in total. The molecule has 2 aliphatic carbocycles. The third-order valence-electron chi connectivity index (χ3n) is 11.6. The number of anilines is 1. The maximum Gasteiger partial charge on any atom is 0.358 e. The summed E-state index contributed by atoms with van der Waals surface area (Å²) in [6, 6.07) is 41.8. The smallest absolute Gasteiger partial charge is 0.358 e. The largest absolute Gasteiger partial charge is 0.448 e. The lowest BCUT2D eigenvalue weighted by atomic mass is 10.1. The number of benzene rings is 4. The SMILES string of the molecule is CC(C)(C)O[C@@H]1[C@H](CO[Si](c2ccccc2)(c2ccccc2)C(C)(C)C)C[C@@H](n2ccc3c(NC4CCc5ccccc54)ncnc32)[C@@H]1OC(=S)Oc1ccccc1. The molecule has 1 unspecified atom stereocenters. The van der Waals surface area contributed by atoms with Gasteiger partial charge in [-0.3, -0.25) is 0 Å². The van der Waals surface area contributed by atoms with Crippen LogP contribution in [0.1, 0.15) is 77.6 Å². The Morgan fingerprint density at radius 2 is 1.43 bits per heavy atom. The summed E-state index contributed by atoms with van der Waals surface area (Å²) in [7, 11) is -2.88. The number of nitrogens with zero attached hydrogens (tertiary/aromatic N) is 3. The monoisotopic (exact) mass is 810 g/mol. The lowest BCUT2D eigenvalue weighted by molar-refractivity contribution is -0.121. The fourth-order valence-electron chi connectivity index (χ4n) is 9.16. The van der Waals surface area contributed by atoms with Gasteiger partial charge in [0, 0.05) is 30.9 Å². The van der Waals surface area contributed by atoms with E-state index in [0.717, 1.165) is 29.7 Å². The van der Waals surface area contributed by atoms with Crippen molar-refractivity contribution in [1.29, 1.82) is 0 Å². The van der Waals surface area contributed by atoms with Gasteiger partial charge in [0.25, 0.3) is 8.32 Å². The first-order valence-corrected chi connectivity index (χ1v) is 22.8. The summed E-state index contributed by atoms with van der Waals surface area (Å²) in [5, 5.41) is 7.05. The van der Waals surface area contributed by atoms with E-state index in [4.69, 9.17) is 40.8 Å². The number of aryl methyl sites for hydroxylation is 1. The number of nitrogens with one attached hydrogen (secondary N) is 1. The minimum atomic E-state index is -2.88. The molecule has 2 aromatic heterocycles. The minimum absolute atomic E-state index is 0.0469. The van der Waals surface area contributed by atoms with Crippen LogP contribution >= 0.6 is 12.2 Å². The zero-order chi connectivity index (χ0) is 40.5.